The van der Waals surface area contributed by atoms with Crippen LogP contribution in [0.25, 0.3) is 0 Å². The predicted octanol–water partition coefficient (Wildman–Crippen LogP) is 3.03. The number of anilines is 1. The molecule has 2 aromatic heterocycles. The number of nitrogens with one attached hydrogen (secondary N) is 1. The number of halogens is 1. The number of rotatable bonds is 2. The number of pyridine rings is 1. The highest BCUT2D eigenvalue weighted by Crippen LogP contribution is 2.23. The maximum atomic E-state index is 12.3. The molecular formula is C15H18ClN5O. The van der Waals surface area contributed by atoms with Crippen LogP contribution in [0.2, 0.25) is 5.15 Å². The molecule has 7 heteroatoms. The van der Waals surface area contributed by atoms with Crippen LogP contribution in [-0.2, 0) is 0 Å². The summed E-state index contributed by atoms with van der Waals surface area (Å²) < 4.78 is 2.02. The van der Waals surface area contributed by atoms with Gasteiger partial charge in [-0.1, -0.05) is 11.6 Å². The number of urea groups is 1. The Hall–Kier alpha value is -2.08. The Morgan fingerprint density at radius 2 is 2.23 bits per heavy atom. The molecule has 3 rings (SSSR count). The van der Waals surface area contributed by atoms with Gasteiger partial charge in [0.15, 0.2) is 0 Å². The molecule has 1 aliphatic heterocycles. The SMILES string of the molecule is Cc1cc(C)n([C@@H]2CCN(C(=O)Nc3ccc(Cl)nc3)C2)n1. The Morgan fingerprint density at radius 1 is 1.41 bits per heavy atom. The lowest BCUT2D eigenvalue weighted by molar-refractivity contribution is 0.220. The standard InChI is InChI=1S/C15H18ClN5O/c1-10-7-11(2)21(19-10)13-5-6-20(9-13)15(22)18-12-3-4-14(16)17-8-12/h3-4,7-8,13H,5-6,9H2,1-2H3,(H,18,22)/t13-/m1/s1. The van der Waals surface area contributed by atoms with Gasteiger partial charge < -0.3 is 10.2 Å². The fourth-order valence-electron chi connectivity index (χ4n) is 2.79. The third-order valence-electron chi connectivity index (χ3n) is 3.82. The third-order valence-corrected chi connectivity index (χ3v) is 4.04. The zero-order valence-electron chi connectivity index (χ0n) is 12.6. The summed E-state index contributed by atoms with van der Waals surface area (Å²) in [5, 5.41) is 7.76. The molecule has 22 heavy (non-hydrogen) atoms. The summed E-state index contributed by atoms with van der Waals surface area (Å²) in [5.41, 5.74) is 2.78. The van der Waals surface area contributed by atoms with Crippen LogP contribution in [0.4, 0.5) is 10.5 Å². The first-order chi connectivity index (χ1) is 10.5. The zero-order chi connectivity index (χ0) is 15.7. The highest BCUT2D eigenvalue weighted by Gasteiger charge is 2.28. The first-order valence-corrected chi connectivity index (χ1v) is 7.61. The van der Waals surface area contributed by atoms with Crippen LogP contribution in [0.15, 0.2) is 24.4 Å². The van der Waals surface area contributed by atoms with Gasteiger partial charge in [-0.25, -0.2) is 9.78 Å². The van der Waals surface area contributed by atoms with Crippen molar-refractivity contribution in [3.8, 4) is 0 Å². The highest BCUT2D eigenvalue weighted by atomic mass is 35.5. The number of likely N-dealkylation sites (tertiary alicyclic amines) is 1. The number of carbonyl (C=O) groups excluding carboxylic acids is 1. The lowest BCUT2D eigenvalue weighted by Crippen LogP contribution is -2.33. The molecular weight excluding hydrogens is 302 g/mol. The molecule has 0 spiro atoms. The van der Waals surface area contributed by atoms with Crippen LogP contribution in [-0.4, -0.2) is 38.8 Å². The van der Waals surface area contributed by atoms with Crippen molar-refractivity contribution in [2.75, 3.05) is 18.4 Å². The van der Waals surface area contributed by atoms with E-state index < -0.39 is 0 Å². The maximum absolute atomic E-state index is 12.3. The number of carbonyl (C=O) groups is 1. The van der Waals surface area contributed by atoms with Gasteiger partial charge in [0.1, 0.15) is 5.15 Å². The number of aryl methyl sites for hydroxylation is 2. The van der Waals surface area contributed by atoms with Crippen molar-refractivity contribution < 1.29 is 4.79 Å². The summed E-state index contributed by atoms with van der Waals surface area (Å²) in [4.78, 5) is 18.0. The molecule has 1 atom stereocenters. The fraction of sp³-hybridized carbons (Fsp3) is 0.400. The lowest BCUT2D eigenvalue weighted by atomic mass is 10.2. The molecule has 2 amide bonds. The van der Waals surface area contributed by atoms with E-state index in [0.717, 1.165) is 24.4 Å². The van der Waals surface area contributed by atoms with Crippen LogP contribution < -0.4 is 5.32 Å². The summed E-state index contributed by atoms with van der Waals surface area (Å²) >= 11 is 5.74. The molecule has 2 aromatic rings. The number of hydrogen-bond acceptors (Lipinski definition) is 3. The minimum absolute atomic E-state index is 0.117. The molecule has 3 heterocycles. The van der Waals surface area contributed by atoms with Crippen molar-refractivity contribution >= 4 is 23.3 Å². The van der Waals surface area contributed by atoms with Gasteiger partial charge in [0.05, 0.1) is 23.6 Å². The fourth-order valence-corrected chi connectivity index (χ4v) is 2.91. The van der Waals surface area contributed by atoms with Crippen LogP contribution in [0, 0.1) is 13.8 Å². The van der Waals surface area contributed by atoms with Gasteiger partial charge >= 0.3 is 6.03 Å². The monoisotopic (exact) mass is 319 g/mol. The van der Waals surface area contributed by atoms with E-state index in [9.17, 15) is 4.79 Å². The second-order valence-electron chi connectivity index (χ2n) is 5.56. The van der Waals surface area contributed by atoms with Gasteiger partial charge in [-0.3, -0.25) is 4.68 Å². The number of nitrogens with zero attached hydrogens (tertiary/aromatic N) is 4. The Labute approximate surface area is 134 Å². The minimum Gasteiger partial charge on any atom is -0.322 e. The van der Waals surface area contributed by atoms with Crippen molar-refractivity contribution in [1.29, 1.82) is 0 Å². The van der Waals surface area contributed by atoms with Gasteiger partial charge in [0.25, 0.3) is 0 Å². The van der Waals surface area contributed by atoms with Crippen molar-refractivity contribution in [2.45, 2.75) is 26.3 Å². The first-order valence-electron chi connectivity index (χ1n) is 7.23. The van der Waals surface area contributed by atoms with E-state index in [1.165, 1.54) is 0 Å². The zero-order valence-corrected chi connectivity index (χ0v) is 13.3. The molecule has 0 radical (unpaired) electrons. The summed E-state index contributed by atoms with van der Waals surface area (Å²) in [7, 11) is 0. The van der Waals surface area contributed by atoms with E-state index in [1.807, 2.05) is 18.5 Å². The maximum Gasteiger partial charge on any atom is 0.321 e. The van der Waals surface area contributed by atoms with E-state index in [-0.39, 0.29) is 12.1 Å². The topological polar surface area (TPSA) is 63.1 Å². The molecule has 6 nitrogen and oxygen atoms in total. The van der Waals surface area contributed by atoms with Crippen LogP contribution >= 0.6 is 11.6 Å². The van der Waals surface area contributed by atoms with Gasteiger partial charge in [-0.15, -0.1) is 0 Å². The van der Waals surface area contributed by atoms with Crippen LogP contribution in [0.1, 0.15) is 23.9 Å². The van der Waals surface area contributed by atoms with E-state index >= 15 is 0 Å². The Morgan fingerprint density at radius 3 is 2.86 bits per heavy atom. The first kappa shape index (κ1) is 14.8. The van der Waals surface area contributed by atoms with E-state index in [2.05, 4.69) is 21.5 Å². The van der Waals surface area contributed by atoms with E-state index in [0.29, 0.717) is 17.4 Å². The molecule has 0 unspecified atom stereocenters. The molecule has 0 saturated carbocycles. The Balaban J connectivity index is 1.63. The van der Waals surface area contributed by atoms with Crippen molar-refractivity contribution in [3.05, 3.63) is 40.9 Å². The van der Waals surface area contributed by atoms with Crippen molar-refractivity contribution in [1.82, 2.24) is 19.7 Å². The molecule has 0 bridgehead atoms. The van der Waals surface area contributed by atoms with E-state index in [4.69, 9.17) is 11.6 Å². The largest absolute Gasteiger partial charge is 0.322 e. The Kier molecular flexibility index (Phi) is 4.02. The smallest absolute Gasteiger partial charge is 0.321 e. The van der Waals surface area contributed by atoms with Gasteiger partial charge in [0, 0.05) is 18.8 Å². The van der Waals surface area contributed by atoms with Gasteiger partial charge in [-0.2, -0.15) is 5.10 Å². The molecule has 0 aliphatic carbocycles. The molecule has 1 fully saturated rings. The molecule has 116 valence electrons. The molecule has 1 aliphatic rings. The van der Waals surface area contributed by atoms with Gasteiger partial charge in [-0.05, 0) is 38.5 Å². The van der Waals surface area contributed by atoms with Crippen molar-refractivity contribution in [3.63, 3.8) is 0 Å². The van der Waals surface area contributed by atoms with Crippen LogP contribution in [0.5, 0.6) is 0 Å². The summed E-state index contributed by atoms with van der Waals surface area (Å²) in [6.07, 6.45) is 2.46. The third kappa shape index (κ3) is 3.06. The summed E-state index contributed by atoms with van der Waals surface area (Å²) in [5.74, 6) is 0. The lowest BCUT2D eigenvalue weighted by Gasteiger charge is -2.18. The molecule has 1 saturated heterocycles. The quantitative estimate of drug-likeness (QED) is 0.865. The second-order valence-corrected chi connectivity index (χ2v) is 5.95. The van der Waals surface area contributed by atoms with Gasteiger partial charge in [0.2, 0.25) is 0 Å². The summed E-state index contributed by atoms with van der Waals surface area (Å²) in [6, 6.07) is 5.57. The van der Waals surface area contributed by atoms with E-state index in [1.54, 1.807) is 23.2 Å². The Bertz CT molecular complexity index is 682. The normalized spacial score (nSPS) is 17.8. The van der Waals surface area contributed by atoms with Crippen LogP contribution in [0.3, 0.4) is 0 Å². The second kappa shape index (κ2) is 5.96. The minimum atomic E-state index is -0.117. The van der Waals surface area contributed by atoms with Crippen molar-refractivity contribution in [2.24, 2.45) is 0 Å². The number of aromatic nitrogens is 3. The number of amides is 2. The summed E-state index contributed by atoms with van der Waals surface area (Å²) in [6.45, 7) is 5.41. The highest BCUT2D eigenvalue weighted by molar-refractivity contribution is 6.29. The predicted molar refractivity (Wildman–Crippen MR) is 85.2 cm³/mol. The molecule has 1 N–H and O–H groups in total. The number of hydrogen-bond donors (Lipinski definition) is 1. The average Bonchev–Trinajstić information content (AvgIpc) is 3.08. The molecule has 0 aromatic carbocycles. The average molecular weight is 320 g/mol.